The summed E-state index contributed by atoms with van der Waals surface area (Å²) in [5.41, 5.74) is 1.84. The van der Waals surface area contributed by atoms with E-state index in [9.17, 15) is 14.4 Å². The first-order chi connectivity index (χ1) is 13.8. The van der Waals surface area contributed by atoms with Gasteiger partial charge in [-0.1, -0.05) is 18.2 Å². The average Bonchev–Trinajstić information content (AvgIpc) is 3.03. The van der Waals surface area contributed by atoms with Crippen molar-refractivity contribution in [3.8, 4) is 5.75 Å². The zero-order valence-electron chi connectivity index (χ0n) is 16.8. The Morgan fingerprint density at radius 1 is 1.07 bits per heavy atom. The molecule has 1 unspecified atom stereocenters. The number of para-hydroxylation sites is 2. The lowest BCUT2D eigenvalue weighted by molar-refractivity contribution is -0.122. The van der Waals surface area contributed by atoms with E-state index in [4.69, 9.17) is 4.74 Å². The number of amides is 3. The van der Waals surface area contributed by atoms with Gasteiger partial charge in [0.15, 0.2) is 0 Å². The number of nitrogens with one attached hydrogen (secondary N) is 2. The molecule has 7 nitrogen and oxygen atoms in total. The van der Waals surface area contributed by atoms with Crippen LogP contribution in [0.3, 0.4) is 0 Å². The Hall–Kier alpha value is -3.35. The SMILES string of the molecule is CC(=O)Nc1cccc(NC(=O)C2CC(=O)N(c3ccccc3OC(C)C)C2)c1. The quantitative estimate of drug-likeness (QED) is 0.784. The topological polar surface area (TPSA) is 87.7 Å². The second kappa shape index (κ2) is 8.77. The number of benzene rings is 2. The summed E-state index contributed by atoms with van der Waals surface area (Å²) in [5.74, 6) is -0.383. The molecule has 0 spiro atoms. The molecule has 2 aromatic carbocycles. The van der Waals surface area contributed by atoms with Crippen LogP contribution in [0.2, 0.25) is 0 Å². The molecule has 1 atom stereocenters. The molecule has 1 heterocycles. The molecule has 1 fully saturated rings. The van der Waals surface area contributed by atoms with Crippen molar-refractivity contribution >= 4 is 34.8 Å². The summed E-state index contributed by atoms with van der Waals surface area (Å²) in [6.45, 7) is 5.56. The van der Waals surface area contributed by atoms with Gasteiger partial charge in [-0.3, -0.25) is 14.4 Å². The minimum absolute atomic E-state index is 0.0242. The van der Waals surface area contributed by atoms with E-state index in [1.165, 1.54) is 6.92 Å². The van der Waals surface area contributed by atoms with Crippen LogP contribution in [-0.2, 0) is 14.4 Å². The van der Waals surface area contributed by atoms with Crippen LogP contribution >= 0.6 is 0 Å². The summed E-state index contributed by atoms with van der Waals surface area (Å²) in [7, 11) is 0. The molecule has 0 radical (unpaired) electrons. The monoisotopic (exact) mass is 395 g/mol. The van der Waals surface area contributed by atoms with Crippen molar-refractivity contribution in [3.05, 3.63) is 48.5 Å². The first-order valence-electron chi connectivity index (χ1n) is 9.58. The minimum Gasteiger partial charge on any atom is -0.489 e. The van der Waals surface area contributed by atoms with E-state index < -0.39 is 5.92 Å². The van der Waals surface area contributed by atoms with Gasteiger partial charge in [-0.2, -0.15) is 0 Å². The fourth-order valence-electron chi connectivity index (χ4n) is 3.27. The van der Waals surface area contributed by atoms with Crippen molar-refractivity contribution in [1.82, 2.24) is 0 Å². The maximum Gasteiger partial charge on any atom is 0.229 e. The van der Waals surface area contributed by atoms with Crippen molar-refractivity contribution in [1.29, 1.82) is 0 Å². The Balaban J connectivity index is 1.71. The molecule has 1 aliphatic heterocycles. The average molecular weight is 395 g/mol. The molecular formula is C22H25N3O4. The largest absolute Gasteiger partial charge is 0.489 e. The van der Waals surface area contributed by atoms with Gasteiger partial charge in [0.1, 0.15) is 5.75 Å². The first kappa shape index (κ1) is 20.4. The zero-order valence-corrected chi connectivity index (χ0v) is 16.8. The van der Waals surface area contributed by atoms with Crippen LogP contribution < -0.4 is 20.3 Å². The van der Waals surface area contributed by atoms with Gasteiger partial charge in [-0.25, -0.2) is 0 Å². The fraction of sp³-hybridized carbons (Fsp3) is 0.318. The van der Waals surface area contributed by atoms with E-state index in [1.54, 1.807) is 29.2 Å². The number of carbonyl (C=O) groups excluding carboxylic acids is 3. The third kappa shape index (κ3) is 5.13. The molecule has 152 valence electrons. The van der Waals surface area contributed by atoms with E-state index in [0.717, 1.165) is 0 Å². The van der Waals surface area contributed by atoms with Crippen LogP contribution in [0.4, 0.5) is 17.1 Å². The number of hydrogen-bond donors (Lipinski definition) is 2. The standard InChI is InChI=1S/C22H25N3O4/c1-14(2)29-20-10-5-4-9-19(20)25-13-16(11-21(25)27)22(28)24-18-8-6-7-17(12-18)23-15(3)26/h4-10,12,14,16H,11,13H2,1-3H3,(H,23,26)(H,24,28). The Labute approximate surface area is 170 Å². The van der Waals surface area contributed by atoms with Crippen molar-refractivity contribution in [2.45, 2.75) is 33.3 Å². The highest BCUT2D eigenvalue weighted by atomic mass is 16.5. The number of anilines is 3. The van der Waals surface area contributed by atoms with Crippen molar-refractivity contribution in [3.63, 3.8) is 0 Å². The Morgan fingerprint density at radius 2 is 1.76 bits per heavy atom. The molecule has 29 heavy (non-hydrogen) atoms. The maximum atomic E-state index is 12.7. The molecule has 7 heteroatoms. The summed E-state index contributed by atoms with van der Waals surface area (Å²) in [4.78, 5) is 38.1. The molecule has 0 saturated carbocycles. The lowest BCUT2D eigenvalue weighted by Crippen LogP contribution is -2.28. The van der Waals surface area contributed by atoms with Crippen LogP contribution in [-0.4, -0.2) is 30.4 Å². The number of nitrogens with zero attached hydrogens (tertiary/aromatic N) is 1. The van der Waals surface area contributed by atoms with Crippen LogP contribution in [0.5, 0.6) is 5.75 Å². The third-order valence-corrected chi connectivity index (χ3v) is 4.47. The second-order valence-electron chi connectivity index (χ2n) is 7.29. The summed E-state index contributed by atoms with van der Waals surface area (Å²) in [5, 5.41) is 5.52. The fourth-order valence-corrected chi connectivity index (χ4v) is 3.27. The molecular weight excluding hydrogens is 370 g/mol. The number of carbonyl (C=O) groups is 3. The smallest absolute Gasteiger partial charge is 0.229 e. The van der Waals surface area contributed by atoms with Gasteiger partial charge >= 0.3 is 0 Å². The van der Waals surface area contributed by atoms with E-state index >= 15 is 0 Å². The van der Waals surface area contributed by atoms with E-state index in [-0.39, 0.29) is 36.8 Å². The number of ether oxygens (including phenoxy) is 1. The van der Waals surface area contributed by atoms with Gasteiger partial charge in [0.2, 0.25) is 17.7 Å². The van der Waals surface area contributed by atoms with Crippen LogP contribution in [0.1, 0.15) is 27.2 Å². The predicted octanol–water partition coefficient (Wildman–Crippen LogP) is 3.42. The molecule has 0 aliphatic carbocycles. The van der Waals surface area contributed by atoms with Gasteiger partial charge < -0.3 is 20.3 Å². The summed E-state index contributed by atoms with van der Waals surface area (Å²) >= 11 is 0. The van der Waals surface area contributed by atoms with Gasteiger partial charge in [-0.15, -0.1) is 0 Å². The molecule has 0 aromatic heterocycles. The minimum atomic E-state index is -0.473. The highest BCUT2D eigenvalue weighted by Crippen LogP contribution is 2.34. The van der Waals surface area contributed by atoms with Crippen LogP contribution in [0.15, 0.2) is 48.5 Å². The van der Waals surface area contributed by atoms with Gasteiger partial charge in [0.05, 0.1) is 17.7 Å². The van der Waals surface area contributed by atoms with Crippen LogP contribution in [0, 0.1) is 5.92 Å². The van der Waals surface area contributed by atoms with E-state index in [2.05, 4.69) is 10.6 Å². The molecule has 3 rings (SSSR count). The Morgan fingerprint density at radius 3 is 2.45 bits per heavy atom. The van der Waals surface area contributed by atoms with Crippen molar-refractivity contribution in [2.24, 2.45) is 5.92 Å². The summed E-state index contributed by atoms with van der Waals surface area (Å²) < 4.78 is 5.81. The highest BCUT2D eigenvalue weighted by molar-refractivity contribution is 6.04. The number of rotatable bonds is 6. The maximum absolute atomic E-state index is 12.7. The summed E-state index contributed by atoms with van der Waals surface area (Å²) in [6.07, 6.45) is 0.108. The van der Waals surface area contributed by atoms with Gasteiger partial charge in [0.25, 0.3) is 0 Å². The summed E-state index contributed by atoms with van der Waals surface area (Å²) in [6, 6.07) is 14.3. The molecule has 0 bridgehead atoms. The molecule has 3 amide bonds. The molecule has 1 saturated heterocycles. The first-order valence-corrected chi connectivity index (χ1v) is 9.58. The van der Waals surface area contributed by atoms with Crippen molar-refractivity contribution < 1.29 is 19.1 Å². The predicted molar refractivity (Wildman–Crippen MR) is 112 cm³/mol. The highest BCUT2D eigenvalue weighted by Gasteiger charge is 2.36. The lowest BCUT2D eigenvalue weighted by Gasteiger charge is -2.21. The van der Waals surface area contributed by atoms with E-state index in [1.807, 2.05) is 38.1 Å². The molecule has 2 aromatic rings. The van der Waals surface area contributed by atoms with Gasteiger partial charge in [-0.05, 0) is 44.2 Å². The van der Waals surface area contributed by atoms with Gasteiger partial charge in [0, 0.05) is 31.3 Å². The lowest BCUT2D eigenvalue weighted by atomic mass is 10.1. The van der Waals surface area contributed by atoms with E-state index in [0.29, 0.717) is 22.8 Å². The Bertz CT molecular complexity index is 926. The van der Waals surface area contributed by atoms with Crippen molar-refractivity contribution in [2.75, 3.05) is 22.1 Å². The number of hydrogen-bond acceptors (Lipinski definition) is 4. The second-order valence-corrected chi connectivity index (χ2v) is 7.29. The molecule has 2 N–H and O–H groups in total. The third-order valence-electron chi connectivity index (χ3n) is 4.47. The van der Waals surface area contributed by atoms with Crippen LogP contribution in [0.25, 0.3) is 0 Å². The normalized spacial score (nSPS) is 16.1. The zero-order chi connectivity index (χ0) is 21.0. The molecule has 1 aliphatic rings. The Kier molecular flexibility index (Phi) is 6.16.